The smallest absolute Gasteiger partial charge is 0.240 e. The van der Waals surface area contributed by atoms with Crippen LogP contribution in [0.1, 0.15) is 173 Å². The van der Waals surface area contributed by atoms with E-state index in [9.17, 15) is 39.9 Å². The molecule has 1 saturated heterocycles. The van der Waals surface area contributed by atoms with E-state index in [2.05, 4.69) is 122 Å². The number of aromatic hydroxyl groups is 2. The van der Waals surface area contributed by atoms with Gasteiger partial charge in [-0.05, 0) is 82.2 Å². The van der Waals surface area contributed by atoms with Crippen molar-refractivity contribution in [1.29, 1.82) is 0 Å². The van der Waals surface area contributed by atoms with Gasteiger partial charge in [-0.2, -0.15) is 9.68 Å². The number of carbonyl (C=O) groups is 3. The first-order chi connectivity index (χ1) is 39.7. The summed E-state index contributed by atoms with van der Waals surface area (Å²) >= 11 is 1.67. The molecule has 4 aromatic carbocycles. The zero-order chi connectivity index (χ0) is 59.3. The Hall–Kier alpha value is -6.44. The van der Waals surface area contributed by atoms with Gasteiger partial charge in [0.25, 0.3) is 0 Å². The number of para-hydroxylation sites is 2. The molecule has 0 spiro atoms. The van der Waals surface area contributed by atoms with Crippen molar-refractivity contribution in [1.82, 2.24) is 5.43 Å². The van der Waals surface area contributed by atoms with Gasteiger partial charge in [0.05, 0.1) is 59.8 Å². The van der Waals surface area contributed by atoms with E-state index >= 15 is 0 Å². The van der Waals surface area contributed by atoms with Gasteiger partial charge < -0.3 is 50.4 Å². The van der Waals surface area contributed by atoms with Crippen LogP contribution in [0, 0.1) is 0 Å². The molecular formula is C66H80N5O11S+. The molecule has 4 aromatic rings. The second-order valence-electron chi connectivity index (χ2n) is 24.0. The van der Waals surface area contributed by atoms with E-state index in [0.29, 0.717) is 5.75 Å². The van der Waals surface area contributed by atoms with Crippen molar-refractivity contribution in [3.63, 3.8) is 0 Å². The summed E-state index contributed by atoms with van der Waals surface area (Å²) < 4.78 is 20.4. The molecule has 16 nitrogen and oxygen atoms in total. The second-order valence-corrected chi connectivity index (χ2v) is 25.1. The number of hydrazone groups is 1. The van der Waals surface area contributed by atoms with E-state index in [-0.39, 0.29) is 57.4 Å². The lowest BCUT2D eigenvalue weighted by atomic mass is 9.71. The van der Waals surface area contributed by atoms with Crippen molar-refractivity contribution in [3.05, 3.63) is 145 Å². The number of fused-ring (bicyclic) bond motifs is 5. The van der Waals surface area contributed by atoms with Crippen LogP contribution in [0.15, 0.2) is 106 Å². The lowest BCUT2D eigenvalue weighted by Crippen LogP contribution is -2.53. The van der Waals surface area contributed by atoms with Crippen molar-refractivity contribution in [3.8, 4) is 17.2 Å². The minimum Gasteiger partial charge on any atom is -0.507 e. The molecular weight excluding hydrogens is 1070 g/mol. The molecule has 1 fully saturated rings. The molecule has 1 amide bonds. The lowest BCUT2D eigenvalue weighted by molar-refractivity contribution is -0.439. The fraction of sp³-hybridized carbons (Fsp3) is 0.470. The number of aliphatic hydroxyl groups excluding tert-OH is 2. The third-order valence-corrected chi connectivity index (χ3v) is 19.2. The average molecular weight is 1150 g/mol. The minimum atomic E-state index is -2.17. The summed E-state index contributed by atoms with van der Waals surface area (Å²) in [6.45, 7) is 16.3. The van der Waals surface area contributed by atoms with Crippen molar-refractivity contribution in [2.24, 2.45) is 10.8 Å². The van der Waals surface area contributed by atoms with Gasteiger partial charge in [0, 0.05) is 107 Å². The summed E-state index contributed by atoms with van der Waals surface area (Å²) in [5.74, 6) is -2.84. The molecule has 3 aliphatic carbocycles. The highest BCUT2D eigenvalue weighted by Gasteiger charge is 2.50. The number of benzene rings is 4. The normalized spacial score (nSPS) is 25.4. The molecule has 8 N–H and O–H groups in total. The number of phenolic OH excluding ortho intramolecular Hbond substituents is 2. The van der Waals surface area contributed by atoms with E-state index < -0.39 is 95.8 Å². The Kier molecular flexibility index (Phi) is 17.2. The van der Waals surface area contributed by atoms with Crippen molar-refractivity contribution in [2.75, 3.05) is 37.5 Å². The van der Waals surface area contributed by atoms with Crippen LogP contribution >= 0.6 is 11.8 Å². The van der Waals surface area contributed by atoms with Crippen LogP contribution in [0.3, 0.4) is 0 Å². The van der Waals surface area contributed by atoms with Crippen LogP contribution in [0.2, 0.25) is 0 Å². The fourth-order valence-electron chi connectivity index (χ4n) is 13.7. The number of ketones is 2. The summed E-state index contributed by atoms with van der Waals surface area (Å²) in [6, 6.07) is 21.1. The van der Waals surface area contributed by atoms with Crippen LogP contribution in [0.5, 0.6) is 17.2 Å². The van der Waals surface area contributed by atoms with Crippen molar-refractivity contribution >= 4 is 52.0 Å². The molecule has 3 heterocycles. The van der Waals surface area contributed by atoms with Crippen LogP contribution < -0.4 is 20.8 Å². The number of nitrogens with two attached hydrogens (primary N) is 1. The van der Waals surface area contributed by atoms with E-state index in [0.717, 1.165) is 58.0 Å². The summed E-state index contributed by atoms with van der Waals surface area (Å²) in [7, 11) is 1.35. The summed E-state index contributed by atoms with van der Waals surface area (Å²) in [5.41, 5.74) is 15.2. The highest BCUT2D eigenvalue weighted by Crippen LogP contribution is 2.54. The number of amides is 1. The maximum absolute atomic E-state index is 14.3. The summed E-state index contributed by atoms with van der Waals surface area (Å²) in [5, 5.41) is 62.9. The number of rotatable bonds is 18. The fourth-order valence-corrected chi connectivity index (χ4v) is 15.0. The Morgan fingerprint density at radius 2 is 1.66 bits per heavy atom. The SMILES string of the molecule is CCCN1/C(=C/C=C2\CCCC(CCC3=[N+](CCC)c4ccccc4C3(C)C)=C2SCCC(=O)N/N=C(\CO)C2(O)Cc3c(O)c4c(c(O)c3C(OC3CC(N)C(O)C(C)O3)C2)C(=O)c2c(OC)cccc2C4=O)C(C)(C)c2ccccc21. The number of aliphatic hydroxyl groups is 3. The number of thioether (sulfide) groups is 1. The largest absolute Gasteiger partial charge is 0.507 e. The van der Waals surface area contributed by atoms with Crippen molar-refractivity contribution < 1.29 is 58.7 Å². The van der Waals surface area contributed by atoms with E-state index in [1.807, 2.05) is 0 Å². The first-order valence-corrected chi connectivity index (χ1v) is 30.4. The number of nitrogens with one attached hydrogen (secondary N) is 1. The van der Waals surface area contributed by atoms with Crippen molar-refractivity contribution in [2.45, 2.75) is 166 Å². The van der Waals surface area contributed by atoms with Gasteiger partial charge in [-0.3, -0.25) is 14.4 Å². The van der Waals surface area contributed by atoms with Gasteiger partial charge in [0.1, 0.15) is 29.4 Å². The van der Waals surface area contributed by atoms with E-state index in [1.165, 1.54) is 75.3 Å². The number of hydrogen-bond acceptors (Lipinski definition) is 15. The molecule has 6 unspecified atom stereocenters. The maximum Gasteiger partial charge on any atom is 0.240 e. The van der Waals surface area contributed by atoms with Gasteiger partial charge in [0.15, 0.2) is 17.8 Å². The molecule has 10 rings (SSSR count). The predicted molar refractivity (Wildman–Crippen MR) is 322 cm³/mol. The number of nitrogens with zero attached hydrogens (tertiary/aromatic N) is 3. The molecule has 0 radical (unpaired) electrons. The van der Waals surface area contributed by atoms with Gasteiger partial charge in [-0.1, -0.05) is 87.9 Å². The van der Waals surface area contributed by atoms with E-state index in [4.69, 9.17) is 19.9 Å². The van der Waals surface area contributed by atoms with Gasteiger partial charge in [-0.15, -0.1) is 11.8 Å². The third kappa shape index (κ3) is 10.8. The zero-order valence-electron chi connectivity index (χ0n) is 49.0. The monoisotopic (exact) mass is 1150 g/mol. The molecule has 83 heavy (non-hydrogen) atoms. The van der Waals surface area contributed by atoms with Crippen LogP contribution in [-0.2, 0) is 31.5 Å². The Morgan fingerprint density at radius 1 is 0.928 bits per heavy atom. The maximum atomic E-state index is 14.3. The summed E-state index contributed by atoms with van der Waals surface area (Å²) in [6.07, 6.45) is 6.04. The number of methoxy groups -OCH3 is 1. The molecule has 0 aromatic heterocycles. The first kappa shape index (κ1) is 59.7. The Balaban J connectivity index is 0.938. The Labute approximate surface area is 490 Å². The minimum absolute atomic E-state index is 0.00752. The lowest BCUT2D eigenvalue weighted by Gasteiger charge is -2.43. The Morgan fingerprint density at radius 3 is 2.39 bits per heavy atom. The third-order valence-electron chi connectivity index (χ3n) is 18.0. The first-order valence-electron chi connectivity index (χ1n) is 29.4. The standard InChI is InChI=1S/C66H79N5O11S/c1-9-30-70-45-22-13-11-20-42(45)64(4,5)50(70)27-25-38-17-15-18-39(26-28-51-65(6,7)43-21-12-14-23-46(43)71(51)31-10-2)63(38)83-32-29-52(73)69-68-49(36-72)66(79)34-41-55(48(35-66)82-53-33-44(67)58(74)37(3)81-53)62(78)57-56(60(41)76)59(75)40-19-16-24-47(80-8)54(40)61(57)77/h11-14,16,19-25,27,37,44,48,53,58,72,74,79H,9-10,15,17-18,26,28-36,67H2,1-8H3,(H2-,69,73,75,76,77,78)/p+1/b38-25+,50-27+,68-49+. The average Bonchev–Trinajstić information content (AvgIpc) is 3.17. The van der Waals surface area contributed by atoms with Crippen LogP contribution in [-0.4, -0.2) is 122 Å². The van der Waals surface area contributed by atoms with E-state index in [1.54, 1.807) is 18.7 Å². The molecule has 0 bridgehead atoms. The van der Waals surface area contributed by atoms with Gasteiger partial charge in [-0.25, -0.2) is 5.43 Å². The molecule has 440 valence electrons. The number of anilines is 1. The van der Waals surface area contributed by atoms with Crippen LogP contribution in [0.25, 0.3) is 0 Å². The number of phenols is 2. The highest BCUT2D eigenvalue weighted by atomic mass is 32.2. The predicted octanol–water partition coefficient (Wildman–Crippen LogP) is 9.75. The zero-order valence-corrected chi connectivity index (χ0v) is 49.8. The van der Waals surface area contributed by atoms with Crippen LogP contribution in [0.4, 0.5) is 11.4 Å². The highest BCUT2D eigenvalue weighted by molar-refractivity contribution is 8.03. The number of hydrogen-bond donors (Lipinski definition) is 7. The van der Waals surface area contributed by atoms with Gasteiger partial charge in [0.2, 0.25) is 17.4 Å². The number of carbonyl (C=O) groups excluding carboxylic acids is 3. The molecule has 6 aliphatic rings. The molecule has 17 heteroatoms. The molecule has 0 saturated carbocycles. The molecule has 6 atom stereocenters. The number of allylic oxidation sites excluding steroid dienone is 5. The topological polar surface area (TPSA) is 237 Å². The summed E-state index contributed by atoms with van der Waals surface area (Å²) in [4.78, 5) is 46.2. The quantitative estimate of drug-likeness (QED) is 0.0187. The second kappa shape index (κ2) is 23.9. The molecule has 3 aliphatic heterocycles. The Bertz CT molecular complexity index is 3400. The van der Waals surface area contributed by atoms with Gasteiger partial charge >= 0.3 is 0 Å². The number of ether oxygens (including phenoxy) is 3.